The van der Waals surface area contributed by atoms with Gasteiger partial charge in [0.1, 0.15) is 12.4 Å². The van der Waals surface area contributed by atoms with Gasteiger partial charge in [0.2, 0.25) is 6.79 Å². The number of benzene rings is 1. The molecule has 3 N–H and O–H groups in total. The standard InChI is InChI=1S/C11H13NO5/c12-7(3-11(13)14)5-15-8-1-2-9-10(4-8)17-6-16-9/h1-2,4,7H,3,5-6,12H2,(H,13,14). The minimum Gasteiger partial charge on any atom is -0.492 e. The molecule has 1 aromatic rings. The molecule has 0 spiro atoms. The first-order valence-electron chi connectivity index (χ1n) is 5.15. The first-order chi connectivity index (χ1) is 8.15. The third-order valence-electron chi connectivity index (χ3n) is 2.24. The van der Waals surface area contributed by atoms with Crippen LogP contribution in [0.15, 0.2) is 18.2 Å². The van der Waals surface area contributed by atoms with Crippen molar-refractivity contribution in [3.8, 4) is 17.2 Å². The summed E-state index contributed by atoms with van der Waals surface area (Å²) in [4.78, 5) is 10.4. The van der Waals surface area contributed by atoms with E-state index in [2.05, 4.69) is 0 Å². The number of carboxylic acids is 1. The van der Waals surface area contributed by atoms with E-state index < -0.39 is 12.0 Å². The van der Waals surface area contributed by atoms with Crippen molar-refractivity contribution >= 4 is 5.97 Å². The Hall–Kier alpha value is -1.95. The van der Waals surface area contributed by atoms with Gasteiger partial charge in [-0.15, -0.1) is 0 Å². The van der Waals surface area contributed by atoms with E-state index in [1.165, 1.54) is 0 Å². The molecule has 92 valence electrons. The third kappa shape index (κ3) is 3.01. The van der Waals surface area contributed by atoms with Gasteiger partial charge in [0, 0.05) is 12.1 Å². The van der Waals surface area contributed by atoms with Crippen LogP contribution in [0.25, 0.3) is 0 Å². The normalized spacial score (nSPS) is 14.4. The molecule has 0 radical (unpaired) electrons. The molecule has 0 aliphatic carbocycles. The monoisotopic (exact) mass is 239 g/mol. The van der Waals surface area contributed by atoms with Crippen molar-refractivity contribution in [1.82, 2.24) is 0 Å². The van der Waals surface area contributed by atoms with Crippen LogP contribution >= 0.6 is 0 Å². The number of rotatable bonds is 5. The summed E-state index contributed by atoms with van der Waals surface area (Å²) in [5.74, 6) is 0.934. The molecule has 1 heterocycles. The lowest BCUT2D eigenvalue weighted by atomic mass is 10.2. The molecule has 0 amide bonds. The fourth-order valence-corrected chi connectivity index (χ4v) is 1.45. The summed E-state index contributed by atoms with van der Waals surface area (Å²) < 4.78 is 15.7. The number of carboxylic acid groups (broad SMARTS) is 1. The van der Waals surface area contributed by atoms with E-state index >= 15 is 0 Å². The van der Waals surface area contributed by atoms with E-state index in [4.69, 9.17) is 25.1 Å². The van der Waals surface area contributed by atoms with Crippen LogP contribution in [0.2, 0.25) is 0 Å². The molecular formula is C11H13NO5. The van der Waals surface area contributed by atoms with Crippen molar-refractivity contribution in [2.45, 2.75) is 12.5 Å². The number of ether oxygens (including phenoxy) is 3. The summed E-state index contributed by atoms with van der Waals surface area (Å²) >= 11 is 0. The van der Waals surface area contributed by atoms with Gasteiger partial charge in [0.15, 0.2) is 11.5 Å². The maximum absolute atomic E-state index is 10.4. The molecule has 1 atom stereocenters. The highest BCUT2D eigenvalue weighted by Gasteiger charge is 2.14. The maximum atomic E-state index is 10.4. The molecule has 0 aromatic heterocycles. The molecule has 17 heavy (non-hydrogen) atoms. The van der Waals surface area contributed by atoms with E-state index in [0.717, 1.165) is 0 Å². The van der Waals surface area contributed by atoms with Crippen LogP contribution < -0.4 is 19.9 Å². The molecule has 6 heteroatoms. The fourth-order valence-electron chi connectivity index (χ4n) is 1.45. The van der Waals surface area contributed by atoms with Crippen LogP contribution in [0.5, 0.6) is 17.2 Å². The molecule has 1 unspecified atom stereocenters. The van der Waals surface area contributed by atoms with E-state index in [-0.39, 0.29) is 19.8 Å². The van der Waals surface area contributed by atoms with Gasteiger partial charge in [-0.2, -0.15) is 0 Å². The van der Waals surface area contributed by atoms with Gasteiger partial charge < -0.3 is 25.1 Å². The Morgan fingerprint density at radius 2 is 2.24 bits per heavy atom. The number of nitrogens with two attached hydrogens (primary N) is 1. The van der Waals surface area contributed by atoms with Crippen LogP contribution in [0, 0.1) is 0 Å². The van der Waals surface area contributed by atoms with Gasteiger partial charge in [-0.05, 0) is 12.1 Å². The number of hydrogen-bond donors (Lipinski definition) is 2. The summed E-state index contributed by atoms with van der Waals surface area (Å²) in [5.41, 5.74) is 5.57. The van der Waals surface area contributed by atoms with Crippen molar-refractivity contribution < 1.29 is 24.1 Å². The number of hydrogen-bond acceptors (Lipinski definition) is 5. The van der Waals surface area contributed by atoms with Crippen molar-refractivity contribution in [2.24, 2.45) is 5.73 Å². The largest absolute Gasteiger partial charge is 0.492 e. The Kier molecular flexibility index (Phi) is 3.34. The Morgan fingerprint density at radius 3 is 3.00 bits per heavy atom. The van der Waals surface area contributed by atoms with E-state index in [1.54, 1.807) is 18.2 Å². The Balaban J connectivity index is 1.89. The molecule has 0 fully saturated rings. The average molecular weight is 239 g/mol. The highest BCUT2D eigenvalue weighted by Crippen LogP contribution is 2.35. The fraction of sp³-hybridized carbons (Fsp3) is 0.364. The minimum atomic E-state index is -0.938. The SMILES string of the molecule is NC(COc1ccc2c(c1)OCO2)CC(=O)O. The van der Waals surface area contributed by atoms with Crippen molar-refractivity contribution in [3.63, 3.8) is 0 Å². The number of aliphatic carboxylic acids is 1. The molecule has 0 saturated heterocycles. The van der Waals surface area contributed by atoms with Crippen LogP contribution in [0.1, 0.15) is 6.42 Å². The molecule has 0 saturated carbocycles. The summed E-state index contributed by atoms with van der Waals surface area (Å²) in [7, 11) is 0. The highest BCUT2D eigenvalue weighted by molar-refractivity contribution is 5.67. The summed E-state index contributed by atoms with van der Waals surface area (Å²) in [6, 6.07) is 4.62. The molecule has 1 aliphatic heterocycles. The highest BCUT2D eigenvalue weighted by atomic mass is 16.7. The van der Waals surface area contributed by atoms with Crippen molar-refractivity contribution in [3.05, 3.63) is 18.2 Å². The van der Waals surface area contributed by atoms with Crippen LogP contribution in [-0.4, -0.2) is 30.5 Å². The van der Waals surface area contributed by atoms with Gasteiger partial charge in [-0.1, -0.05) is 0 Å². The van der Waals surface area contributed by atoms with Gasteiger partial charge in [0.25, 0.3) is 0 Å². The van der Waals surface area contributed by atoms with Crippen LogP contribution in [0.3, 0.4) is 0 Å². The molecular weight excluding hydrogens is 226 g/mol. The second-order valence-corrected chi connectivity index (χ2v) is 3.68. The zero-order valence-corrected chi connectivity index (χ0v) is 9.09. The Labute approximate surface area is 97.9 Å². The smallest absolute Gasteiger partial charge is 0.305 e. The summed E-state index contributed by atoms with van der Waals surface area (Å²) in [5, 5.41) is 8.54. The molecule has 1 aliphatic rings. The predicted octanol–water partition coefficient (Wildman–Crippen LogP) is 0.596. The maximum Gasteiger partial charge on any atom is 0.305 e. The lowest BCUT2D eigenvalue weighted by Crippen LogP contribution is -2.30. The average Bonchev–Trinajstić information content (AvgIpc) is 2.72. The van der Waals surface area contributed by atoms with E-state index in [0.29, 0.717) is 17.2 Å². The molecule has 2 rings (SSSR count). The van der Waals surface area contributed by atoms with E-state index in [9.17, 15) is 4.79 Å². The quantitative estimate of drug-likeness (QED) is 0.781. The third-order valence-corrected chi connectivity index (χ3v) is 2.24. The van der Waals surface area contributed by atoms with E-state index in [1.807, 2.05) is 0 Å². The summed E-state index contributed by atoms with van der Waals surface area (Å²) in [6.07, 6.45) is -0.120. The van der Waals surface area contributed by atoms with Crippen LogP contribution in [0.4, 0.5) is 0 Å². The van der Waals surface area contributed by atoms with Gasteiger partial charge in [0.05, 0.1) is 6.42 Å². The van der Waals surface area contributed by atoms with Gasteiger partial charge >= 0.3 is 5.97 Å². The zero-order valence-electron chi connectivity index (χ0n) is 9.09. The predicted molar refractivity (Wildman–Crippen MR) is 58.3 cm³/mol. The first-order valence-corrected chi connectivity index (χ1v) is 5.15. The van der Waals surface area contributed by atoms with Gasteiger partial charge in [-0.25, -0.2) is 0 Å². The zero-order chi connectivity index (χ0) is 12.3. The van der Waals surface area contributed by atoms with Gasteiger partial charge in [-0.3, -0.25) is 4.79 Å². The number of fused-ring (bicyclic) bond motifs is 1. The second kappa shape index (κ2) is 4.92. The van der Waals surface area contributed by atoms with Crippen molar-refractivity contribution in [1.29, 1.82) is 0 Å². The molecule has 1 aromatic carbocycles. The first kappa shape index (κ1) is 11.5. The Bertz CT molecular complexity index is 420. The van der Waals surface area contributed by atoms with Crippen molar-refractivity contribution in [2.75, 3.05) is 13.4 Å². The van der Waals surface area contributed by atoms with Crippen LogP contribution in [-0.2, 0) is 4.79 Å². The lowest BCUT2D eigenvalue weighted by molar-refractivity contribution is -0.137. The molecule has 0 bridgehead atoms. The minimum absolute atomic E-state index is 0.120. The Morgan fingerprint density at radius 1 is 1.47 bits per heavy atom. The second-order valence-electron chi connectivity index (χ2n) is 3.68. The molecule has 6 nitrogen and oxygen atoms in total. The number of carbonyl (C=O) groups is 1. The lowest BCUT2D eigenvalue weighted by Gasteiger charge is -2.11. The summed E-state index contributed by atoms with van der Waals surface area (Å²) in [6.45, 7) is 0.350. The topological polar surface area (TPSA) is 91.0 Å².